The number of hydrogen-bond donors (Lipinski definition) is 1. The second-order valence-corrected chi connectivity index (χ2v) is 7.26. The number of benzene rings is 1. The highest BCUT2D eigenvalue weighted by molar-refractivity contribution is 5.86. The zero-order chi connectivity index (χ0) is 23.0. The molecule has 1 amide bonds. The molecule has 0 spiro atoms. The van der Waals surface area contributed by atoms with Gasteiger partial charge in [0, 0.05) is 30.6 Å². The molecule has 0 bridgehead atoms. The molecule has 0 saturated carbocycles. The van der Waals surface area contributed by atoms with E-state index in [0.717, 1.165) is 17.0 Å². The summed E-state index contributed by atoms with van der Waals surface area (Å²) in [6.07, 6.45) is 0.241. The van der Waals surface area contributed by atoms with Crippen LogP contribution in [0.2, 0.25) is 0 Å². The van der Waals surface area contributed by atoms with E-state index in [4.69, 9.17) is 9.47 Å². The fourth-order valence-corrected chi connectivity index (χ4v) is 3.43. The van der Waals surface area contributed by atoms with Gasteiger partial charge in [0.2, 0.25) is 5.88 Å². The van der Waals surface area contributed by atoms with Gasteiger partial charge in [0.05, 0.1) is 6.04 Å². The van der Waals surface area contributed by atoms with E-state index in [-0.39, 0.29) is 36.2 Å². The van der Waals surface area contributed by atoms with E-state index in [0.29, 0.717) is 5.69 Å². The van der Waals surface area contributed by atoms with E-state index in [1.165, 1.54) is 29.0 Å². The lowest BCUT2D eigenvalue weighted by Gasteiger charge is -2.17. The first-order chi connectivity index (χ1) is 15.2. The minimum atomic E-state index is -1.22. The van der Waals surface area contributed by atoms with Crippen molar-refractivity contribution in [3.8, 4) is 17.4 Å². The summed E-state index contributed by atoms with van der Waals surface area (Å²) in [5.74, 6) is -2.25. The Morgan fingerprint density at radius 1 is 1.25 bits per heavy atom. The highest BCUT2D eigenvalue weighted by Crippen LogP contribution is 2.30. The Hall–Kier alpha value is -4.02. The SMILES string of the molecule is Cc1cc(Oc2c(F)cc(COc3cc4n(c(=O)n3)CC(C)N4C(=O)O)cc2F)ccn1. The number of aryl methyl sites for hydroxylation is 1. The van der Waals surface area contributed by atoms with Crippen LogP contribution in [0.25, 0.3) is 0 Å². The second-order valence-electron chi connectivity index (χ2n) is 7.26. The monoisotopic (exact) mass is 444 g/mol. The van der Waals surface area contributed by atoms with E-state index < -0.39 is 35.2 Å². The Kier molecular flexibility index (Phi) is 5.47. The van der Waals surface area contributed by atoms with E-state index in [9.17, 15) is 23.5 Å². The maximum absolute atomic E-state index is 14.5. The van der Waals surface area contributed by atoms with Gasteiger partial charge in [0.1, 0.15) is 18.2 Å². The molecule has 166 valence electrons. The van der Waals surface area contributed by atoms with Crippen molar-refractivity contribution in [2.75, 3.05) is 4.90 Å². The van der Waals surface area contributed by atoms with Crippen molar-refractivity contribution in [2.45, 2.75) is 33.0 Å². The lowest BCUT2D eigenvalue weighted by Crippen LogP contribution is -2.34. The Bertz CT molecular complexity index is 1240. The summed E-state index contributed by atoms with van der Waals surface area (Å²) < 4.78 is 40.9. The molecule has 1 atom stereocenters. The first-order valence-electron chi connectivity index (χ1n) is 9.58. The minimum Gasteiger partial charge on any atom is -0.473 e. The third-order valence-corrected chi connectivity index (χ3v) is 4.84. The molecule has 0 fully saturated rings. The van der Waals surface area contributed by atoms with Crippen LogP contribution in [0.15, 0.2) is 41.3 Å². The quantitative estimate of drug-likeness (QED) is 0.642. The van der Waals surface area contributed by atoms with Gasteiger partial charge in [-0.15, -0.1) is 0 Å². The molecule has 0 aliphatic carbocycles. The topological polar surface area (TPSA) is 107 Å². The molecular formula is C21H18F2N4O5. The van der Waals surface area contributed by atoms with Crippen molar-refractivity contribution in [3.63, 3.8) is 0 Å². The van der Waals surface area contributed by atoms with Crippen LogP contribution in [-0.4, -0.2) is 31.8 Å². The molecule has 0 radical (unpaired) electrons. The molecule has 1 N–H and O–H groups in total. The van der Waals surface area contributed by atoms with Gasteiger partial charge in [-0.1, -0.05) is 0 Å². The van der Waals surface area contributed by atoms with Crippen molar-refractivity contribution in [3.05, 3.63) is 69.9 Å². The highest BCUT2D eigenvalue weighted by Gasteiger charge is 2.32. The lowest BCUT2D eigenvalue weighted by molar-refractivity contribution is 0.200. The largest absolute Gasteiger partial charge is 0.473 e. The van der Waals surface area contributed by atoms with E-state index in [1.54, 1.807) is 13.8 Å². The maximum atomic E-state index is 14.5. The molecule has 2 aromatic heterocycles. The van der Waals surface area contributed by atoms with Crippen LogP contribution in [0, 0.1) is 18.6 Å². The number of carboxylic acid groups (broad SMARTS) is 1. The van der Waals surface area contributed by atoms with Gasteiger partial charge >= 0.3 is 11.8 Å². The molecule has 1 aliphatic rings. The Morgan fingerprint density at radius 3 is 2.62 bits per heavy atom. The average Bonchev–Trinajstić information content (AvgIpc) is 3.06. The summed E-state index contributed by atoms with van der Waals surface area (Å²) in [5, 5.41) is 9.38. The van der Waals surface area contributed by atoms with E-state index >= 15 is 0 Å². The van der Waals surface area contributed by atoms with E-state index in [1.807, 2.05) is 0 Å². The first-order valence-corrected chi connectivity index (χ1v) is 9.58. The molecule has 1 unspecified atom stereocenters. The number of anilines is 1. The van der Waals surface area contributed by atoms with Gasteiger partial charge < -0.3 is 14.6 Å². The van der Waals surface area contributed by atoms with Crippen molar-refractivity contribution >= 4 is 11.9 Å². The van der Waals surface area contributed by atoms with Gasteiger partial charge in [-0.2, -0.15) is 4.98 Å². The number of pyridine rings is 1. The summed E-state index contributed by atoms with van der Waals surface area (Å²) in [4.78, 5) is 32.5. The normalized spacial score (nSPS) is 14.9. The fraction of sp³-hybridized carbons (Fsp3) is 0.238. The number of fused-ring (bicyclic) bond motifs is 1. The number of rotatable bonds is 5. The van der Waals surface area contributed by atoms with Crippen LogP contribution >= 0.6 is 0 Å². The summed E-state index contributed by atoms with van der Waals surface area (Å²) in [6.45, 7) is 3.24. The first kappa shape index (κ1) is 21.2. The van der Waals surface area contributed by atoms with Gasteiger partial charge in [-0.05, 0) is 37.6 Å². The molecule has 32 heavy (non-hydrogen) atoms. The average molecular weight is 444 g/mol. The highest BCUT2D eigenvalue weighted by atomic mass is 19.1. The summed E-state index contributed by atoms with van der Waals surface area (Å²) in [5.41, 5.74) is 0.0768. The third-order valence-electron chi connectivity index (χ3n) is 4.84. The van der Waals surface area contributed by atoms with Crippen LogP contribution in [-0.2, 0) is 13.2 Å². The summed E-state index contributed by atoms with van der Waals surface area (Å²) >= 11 is 0. The number of halogens is 2. The zero-order valence-corrected chi connectivity index (χ0v) is 17.1. The maximum Gasteiger partial charge on any atom is 0.413 e. The number of carbonyl (C=O) groups is 1. The summed E-state index contributed by atoms with van der Waals surface area (Å²) in [7, 11) is 0. The van der Waals surface area contributed by atoms with Crippen molar-refractivity contribution in [1.82, 2.24) is 14.5 Å². The van der Waals surface area contributed by atoms with Crippen molar-refractivity contribution in [1.29, 1.82) is 0 Å². The molecule has 3 heterocycles. The second kappa shape index (κ2) is 8.25. The lowest BCUT2D eigenvalue weighted by atomic mass is 10.2. The Balaban J connectivity index is 1.53. The standard InChI is InChI=1S/C21H18F2N4O5/c1-11-5-14(3-4-24-11)32-19-15(22)6-13(7-16(19)23)10-31-17-8-18-26(20(28)25-17)9-12(2)27(18)21(29)30/h3-8,12H,9-10H2,1-2H3,(H,29,30). The Morgan fingerprint density at radius 2 is 1.97 bits per heavy atom. The Labute approximate surface area is 180 Å². The van der Waals surface area contributed by atoms with Gasteiger partial charge in [0.15, 0.2) is 17.4 Å². The van der Waals surface area contributed by atoms with Gasteiger partial charge in [-0.3, -0.25) is 14.5 Å². The molecule has 11 heteroatoms. The van der Waals surface area contributed by atoms with Crippen LogP contribution in [0.1, 0.15) is 18.2 Å². The molecule has 0 saturated heterocycles. The number of nitrogens with zero attached hydrogens (tertiary/aromatic N) is 4. The number of amides is 1. The zero-order valence-electron chi connectivity index (χ0n) is 17.1. The predicted molar refractivity (Wildman–Crippen MR) is 108 cm³/mol. The fourth-order valence-electron chi connectivity index (χ4n) is 3.43. The third kappa shape index (κ3) is 4.09. The van der Waals surface area contributed by atoms with Crippen molar-refractivity contribution < 1.29 is 28.2 Å². The summed E-state index contributed by atoms with van der Waals surface area (Å²) in [6, 6.07) is 5.94. The number of aromatic nitrogens is 3. The van der Waals surface area contributed by atoms with Gasteiger partial charge in [-0.25, -0.2) is 18.4 Å². The molecule has 9 nitrogen and oxygen atoms in total. The van der Waals surface area contributed by atoms with Gasteiger partial charge in [0.25, 0.3) is 0 Å². The smallest absolute Gasteiger partial charge is 0.413 e. The molecule has 1 aliphatic heterocycles. The van der Waals surface area contributed by atoms with Crippen LogP contribution in [0.3, 0.4) is 0 Å². The molecular weight excluding hydrogens is 426 g/mol. The van der Waals surface area contributed by atoms with E-state index in [2.05, 4.69) is 9.97 Å². The minimum absolute atomic E-state index is 0.119. The van der Waals surface area contributed by atoms with Crippen LogP contribution < -0.4 is 20.1 Å². The molecule has 1 aromatic carbocycles. The van der Waals surface area contributed by atoms with Crippen molar-refractivity contribution in [2.24, 2.45) is 0 Å². The van der Waals surface area contributed by atoms with Crippen LogP contribution in [0.5, 0.6) is 17.4 Å². The molecule has 3 aromatic rings. The predicted octanol–water partition coefficient (Wildman–Crippen LogP) is 3.48. The molecule has 4 rings (SSSR count). The number of ether oxygens (including phenoxy) is 2. The van der Waals surface area contributed by atoms with Crippen LogP contribution in [0.4, 0.5) is 19.4 Å². The number of hydrogen-bond acceptors (Lipinski definition) is 6.